The van der Waals surface area contributed by atoms with E-state index in [1.54, 1.807) is 12.1 Å². The maximum Gasteiger partial charge on any atom is 0.402 e. The number of hydrogen-bond donors (Lipinski definition) is 15. The van der Waals surface area contributed by atoms with Crippen LogP contribution < -0.4 is 23.7 Å². The van der Waals surface area contributed by atoms with Gasteiger partial charge in [-0.05, 0) is 54.5 Å². The summed E-state index contributed by atoms with van der Waals surface area (Å²) in [7, 11) is 2.50. The van der Waals surface area contributed by atoms with Crippen LogP contribution in [0.25, 0.3) is 34.4 Å². The SMILES string of the molecule is COc1cc(-c2[o+]c3cc(O)cc(O[C@@H]4O[C@@H](CO)[C@@H](O)[C@H](O)[C@H]4O)c3cc2O[C@@H]2O[C@H](CO[C@@H]3O[C@@H](C)[C@H](OC(=O)/C=C/c4ccc(O[C@@H]5O[C@H](COC(=O)C=Cc6ccc(O)cc6)[C@H](O)[C@H](O)[C@H]5O)cc4)[C@H](O)[C@@H]3O)[C@H](O)[C@@H](O)[C@H]2O)cc(OC)c1O. The van der Waals surface area contributed by atoms with E-state index >= 15 is 0 Å². The van der Waals surface area contributed by atoms with E-state index in [-0.39, 0.29) is 56.8 Å². The van der Waals surface area contributed by atoms with Crippen molar-refractivity contribution in [3.05, 3.63) is 102 Å². The fraction of sp³-hybridized carbons (Fsp3) is 0.441. The van der Waals surface area contributed by atoms with Crippen molar-refractivity contribution in [1.82, 2.24) is 0 Å². The normalized spacial score (nSPS) is 32.3. The predicted octanol–water partition coefficient (Wildman–Crippen LogP) is -1.57. The quantitative estimate of drug-likeness (QED) is 0.0238. The van der Waals surface area contributed by atoms with Crippen molar-refractivity contribution in [2.45, 2.75) is 130 Å². The summed E-state index contributed by atoms with van der Waals surface area (Å²) >= 11 is 0. The van der Waals surface area contributed by atoms with E-state index in [1.165, 1.54) is 87.9 Å². The maximum atomic E-state index is 13.1. The van der Waals surface area contributed by atoms with Gasteiger partial charge in [-0.15, -0.1) is 0 Å². The Balaban J connectivity index is 0.827. The molecule has 30 heteroatoms. The first kappa shape index (κ1) is 65.9. The monoisotopic (exact) mass is 1260 g/mol. The molecule has 15 N–H and O–H groups in total. The maximum absolute atomic E-state index is 13.1. The van der Waals surface area contributed by atoms with E-state index in [1.807, 2.05) is 0 Å². The number of carbonyl (C=O) groups excluding carboxylic acids is 2. The van der Waals surface area contributed by atoms with E-state index in [2.05, 4.69) is 0 Å². The Labute approximate surface area is 504 Å². The van der Waals surface area contributed by atoms with Crippen molar-refractivity contribution in [1.29, 1.82) is 0 Å². The van der Waals surface area contributed by atoms with Crippen LogP contribution in [0.4, 0.5) is 0 Å². The van der Waals surface area contributed by atoms with Crippen molar-refractivity contribution in [3.8, 4) is 57.3 Å². The third-order valence-electron chi connectivity index (χ3n) is 14.9. The highest BCUT2D eigenvalue weighted by Crippen LogP contribution is 2.46. The zero-order chi connectivity index (χ0) is 64.1. The van der Waals surface area contributed by atoms with Crippen molar-refractivity contribution >= 4 is 35.1 Å². The highest BCUT2D eigenvalue weighted by molar-refractivity contribution is 5.90. The van der Waals surface area contributed by atoms with Crippen molar-refractivity contribution in [2.75, 3.05) is 34.0 Å². The van der Waals surface area contributed by atoms with Crippen LogP contribution in [0.5, 0.6) is 46.0 Å². The molecule has 0 aliphatic carbocycles. The van der Waals surface area contributed by atoms with Gasteiger partial charge in [0.2, 0.25) is 30.4 Å². The Kier molecular flexibility index (Phi) is 21.1. The molecule has 0 saturated carbocycles. The summed E-state index contributed by atoms with van der Waals surface area (Å²) in [5, 5.41) is 160. The number of ether oxygens (including phenoxy) is 12. The smallest absolute Gasteiger partial charge is 0.402 e. The number of hydrogen-bond acceptors (Lipinski definition) is 29. The number of rotatable bonds is 20. The summed E-state index contributed by atoms with van der Waals surface area (Å²) in [6.07, 6.45) is -29.3. The standard InChI is InChI=1S/C59H66O30/c1-24-54(89-41(64)15-9-26-6-12-30(13-7-26)82-57-50(73)47(70)44(67)38(87-57)22-79-40(63)14-8-25-4-10-28(61)11-5-25)49(72)53(76)56(81-24)80-23-39-45(68)48(71)52(75)59(88-39)85-36-20-31-32(83-55(36)27-16-34(77-2)42(65)35(17-27)78-3)18-29(62)19-33(31)84-58-51(74)46(69)43(66)37(21-60)86-58/h4-20,24,37-39,43-54,56-60,66-76H,21-23H2,1-3H3,(H2-,61,62,63,65)/p+1/b15-9+/t24-,37-,38+,39+,43+,44-,45-,46-,47-,48+,49+,50+,51+,52+,53-,54-,56+,57+,58+,59+/m0/s1. The minimum absolute atomic E-state index is 0.0375. The van der Waals surface area contributed by atoms with Crippen LogP contribution in [-0.4, -0.2) is 245 Å². The molecule has 0 bridgehead atoms. The lowest BCUT2D eigenvalue weighted by Gasteiger charge is -2.42. The molecule has 4 fully saturated rings. The van der Waals surface area contributed by atoms with Gasteiger partial charge in [0.1, 0.15) is 120 Å². The first-order valence-corrected chi connectivity index (χ1v) is 27.5. The predicted molar refractivity (Wildman–Crippen MR) is 297 cm³/mol. The lowest BCUT2D eigenvalue weighted by Crippen LogP contribution is -2.62. The number of methoxy groups -OCH3 is 2. The van der Waals surface area contributed by atoms with Crippen LogP contribution >= 0.6 is 0 Å². The lowest BCUT2D eigenvalue weighted by molar-refractivity contribution is -0.319. The van der Waals surface area contributed by atoms with Gasteiger partial charge in [-0.2, -0.15) is 0 Å². The lowest BCUT2D eigenvalue weighted by atomic mass is 9.98. The Bertz CT molecular complexity index is 3260. The van der Waals surface area contributed by atoms with Gasteiger partial charge in [0.05, 0.1) is 45.2 Å². The van der Waals surface area contributed by atoms with E-state index in [9.17, 15) is 86.2 Å². The minimum Gasteiger partial charge on any atom is -0.508 e. The molecule has 9 rings (SSSR count). The van der Waals surface area contributed by atoms with Crippen molar-refractivity contribution < 1.29 is 147 Å². The van der Waals surface area contributed by atoms with Crippen LogP contribution in [0.3, 0.4) is 0 Å². The molecule has 0 unspecified atom stereocenters. The average molecular weight is 1260 g/mol. The van der Waals surface area contributed by atoms with E-state index in [0.717, 1.165) is 24.3 Å². The Morgan fingerprint density at radius 1 is 0.517 bits per heavy atom. The minimum atomic E-state index is -2.03. The van der Waals surface area contributed by atoms with Gasteiger partial charge in [-0.3, -0.25) is 0 Å². The van der Waals surface area contributed by atoms with Crippen LogP contribution in [0.1, 0.15) is 18.1 Å². The van der Waals surface area contributed by atoms with Gasteiger partial charge in [0.15, 0.2) is 23.9 Å². The van der Waals surface area contributed by atoms with Crippen LogP contribution in [0.2, 0.25) is 0 Å². The van der Waals surface area contributed by atoms with Gasteiger partial charge in [-0.25, -0.2) is 14.0 Å². The Morgan fingerprint density at radius 2 is 1.02 bits per heavy atom. The van der Waals surface area contributed by atoms with Crippen LogP contribution in [0.15, 0.2) is 95.4 Å². The Hall–Kier alpha value is -7.57. The largest absolute Gasteiger partial charge is 0.508 e. The number of phenolic OH excluding ortho intramolecular Hbond substituents is 3. The Morgan fingerprint density at radius 3 is 1.60 bits per heavy atom. The second-order valence-electron chi connectivity index (χ2n) is 21.0. The molecule has 5 heterocycles. The highest BCUT2D eigenvalue weighted by Gasteiger charge is 2.51. The molecule has 4 saturated heterocycles. The molecular weight excluding hydrogens is 1190 g/mol. The summed E-state index contributed by atoms with van der Waals surface area (Å²) in [4.78, 5) is 25.4. The summed E-state index contributed by atoms with van der Waals surface area (Å²) in [5.74, 6) is -3.62. The zero-order valence-corrected chi connectivity index (χ0v) is 47.3. The van der Waals surface area contributed by atoms with E-state index in [0.29, 0.717) is 11.1 Å². The molecule has 30 nitrogen and oxygen atoms in total. The fourth-order valence-corrected chi connectivity index (χ4v) is 9.89. The first-order valence-electron chi connectivity index (χ1n) is 27.5. The van der Waals surface area contributed by atoms with Gasteiger partial charge < -0.3 is 133 Å². The molecule has 4 aliphatic rings. The summed E-state index contributed by atoms with van der Waals surface area (Å²) in [6.45, 7) is -0.640. The molecule has 5 aromatic rings. The zero-order valence-electron chi connectivity index (χ0n) is 47.3. The molecule has 482 valence electrons. The second-order valence-corrected chi connectivity index (χ2v) is 21.0. The molecule has 1 aromatic heterocycles. The number of esters is 2. The number of aliphatic hydroxyl groups excluding tert-OH is 12. The third kappa shape index (κ3) is 14.9. The molecule has 20 atom stereocenters. The second kappa shape index (κ2) is 28.5. The molecule has 0 radical (unpaired) electrons. The average Bonchev–Trinajstić information content (AvgIpc) is 1.16. The van der Waals surface area contributed by atoms with Gasteiger partial charge in [0, 0.05) is 36.4 Å². The molecule has 4 aromatic carbocycles. The fourth-order valence-electron chi connectivity index (χ4n) is 9.89. The van der Waals surface area contributed by atoms with Crippen molar-refractivity contribution in [2.24, 2.45) is 0 Å². The topological polar surface area (TPSA) is 460 Å². The molecule has 0 amide bonds. The summed E-state index contributed by atoms with van der Waals surface area (Å²) in [5.41, 5.74) is 0.931. The molecule has 89 heavy (non-hydrogen) atoms. The number of benzene rings is 4. The molecule has 4 aliphatic heterocycles. The summed E-state index contributed by atoms with van der Waals surface area (Å²) < 4.78 is 74.1. The first-order chi connectivity index (χ1) is 42.5. The molecular formula is C59H67O30+. The van der Waals surface area contributed by atoms with E-state index < -0.39 is 166 Å². The molecule has 0 spiro atoms. The van der Waals surface area contributed by atoms with Crippen LogP contribution in [-0.2, 0) is 42.7 Å². The van der Waals surface area contributed by atoms with E-state index in [4.69, 9.17) is 61.3 Å². The van der Waals surface area contributed by atoms with Gasteiger partial charge >= 0.3 is 23.3 Å². The number of aliphatic hydroxyl groups is 12. The highest BCUT2D eigenvalue weighted by atomic mass is 16.7. The number of fused-ring (bicyclic) bond motifs is 1. The van der Waals surface area contributed by atoms with Crippen molar-refractivity contribution in [3.63, 3.8) is 0 Å². The third-order valence-corrected chi connectivity index (χ3v) is 14.9. The summed E-state index contributed by atoms with van der Waals surface area (Å²) in [6, 6.07) is 17.9. The van der Waals surface area contributed by atoms with Gasteiger partial charge in [-0.1, -0.05) is 24.3 Å². The number of carbonyl (C=O) groups is 2. The number of aromatic hydroxyl groups is 3. The number of phenols is 3. The van der Waals surface area contributed by atoms with Crippen LogP contribution in [0, 0.1) is 0 Å². The van der Waals surface area contributed by atoms with Gasteiger partial charge in [0.25, 0.3) is 0 Å².